The predicted molar refractivity (Wildman–Crippen MR) is 41.3 cm³/mol. The standard InChI is InChI=1S/C7H14N2O2/c1-6-5-9(3-2-4-10)7(11)8-6/h6,10H,2-5H2,1H3,(H,8,11). The maximum Gasteiger partial charge on any atom is 0.317 e. The lowest BCUT2D eigenvalue weighted by atomic mass is 10.3. The van der Waals surface area contributed by atoms with Crippen LogP contribution in [0.4, 0.5) is 4.79 Å². The number of aliphatic hydroxyl groups is 1. The minimum atomic E-state index is -0.00838. The molecule has 0 saturated carbocycles. The van der Waals surface area contributed by atoms with Crippen molar-refractivity contribution in [1.29, 1.82) is 0 Å². The Morgan fingerprint density at radius 3 is 3.00 bits per heavy atom. The van der Waals surface area contributed by atoms with Crippen LogP contribution in [-0.2, 0) is 0 Å². The molecule has 0 aliphatic carbocycles. The second-order valence-electron chi connectivity index (χ2n) is 2.87. The molecule has 0 spiro atoms. The quantitative estimate of drug-likeness (QED) is 0.596. The van der Waals surface area contributed by atoms with Crippen molar-refractivity contribution in [2.24, 2.45) is 0 Å². The van der Waals surface area contributed by atoms with Gasteiger partial charge in [-0.2, -0.15) is 0 Å². The third-order valence-electron chi connectivity index (χ3n) is 1.74. The molecule has 0 aromatic heterocycles. The number of carbonyl (C=O) groups is 1. The van der Waals surface area contributed by atoms with Crippen LogP contribution >= 0.6 is 0 Å². The summed E-state index contributed by atoms with van der Waals surface area (Å²) in [6.07, 6.45) is 0.667. The molecule has 1 unspecified atom stereocenters. The Hall–Kier alpha value is -0.770. The van der Waals surface area contributed by atoms with Crippen molar-refractivity contribution in [2.45, 2.75) is 19.4 Å². The van der Waals surface area contributed by atoms with E-state index < -0.39 is 0 Å². The summed E-state index contributed by atoms with van der Waals surface area (Å²) in [6.45, 7) is 3.54. The third kappa shape index (κ3) is 2.08. The molecule has 0 bridgehead atoms. The first-order chi connectivity index (χ1) is 5.24. The first-order valence-corrected chi connectivity index (χ1v) is 3.90. The van der Waals surface area contributed by atoms with Crippen LogP contribution in [-0.4, -0.2) is 41.8 Å². The highest BCUT2D eigenvalue weighted by molar-refractivity contribution is 5.76. The zero-order chi connectivity index (χ0) is 8.27. The number of rotatable bonds is 3. The lowest BCUT2D eigenvalue weighted by Crippen LogP contribution is -2.29. The van der Waals surface area contributed by atoms with E-state index >= 15 is 0 Å². The van der Waals surface area contributed by atoms with E-state index in [2.05, 4.69) is 5.32 Å². The molecule has 1 fully saturated rings. The Kier molecular flexibility index (Phi) is 2.70. The fourth-order valence-electron chi connectivity index (χ4n) is 1.22. The topological polar surface area (TPSA) is 52.6 Å². The van der Waals surface area contributed by atoms with E-state index in [0.29, 0.717) is 13.0 Å². The van der Waals surface area contributed by atoms with E-state index in [9.17, 15) is 4.79 Å². The first kappa shape index (κ1) is 8.33. The lowest BCUT2D eigenvalue weighted by Gasteiger charge is -2.12. The number of urea groups is 1. The van der Waals surface area contributed by atoms with Gasteiger partial charge in [0, 0.05) is 25.7 Å². The van der Waals surface area contributed by atoms with E-state index in [1.165, 1.54) is 0 Å². The van der Waals surface area contributed by atoms with Gasteiger partial charge in [-0.25, -0.2) is 4.79 Å². The number of hydrogen-bond acceptors (Lipinski definition) is 2. The summed E-state index contributed by atoms with van der Waals surface area (Å²) in [5.74, 6) is 0. The average Bonchev–Trinajstić information content (AvgIpc) is 2.26. The van der Waals surface area contributed by atoms with Crippen LogP contribution < -0.4 is 5.32 Å². The summed E-state index contributed by atoms with van der Waals surface area (Å²) in [5.41, 5.74) is 0. The highest BCUT2D eigenvalue weighted by atomic mass is 16.3. The van der Waals surface area contributed by atoms with E-state index in [-0.39, 0.29) is 18.7 Å². The molecule has 2 N–H and O–H groups in total. The van der Waals surface area contributed by atoms with Crippen molar-refractivity contribution in [3.63, 3.8) is 0 Å². The molecule has 1 heterocycles. The molecule has 64 valence electrons. The summed E-state index contributed by atoms with van der Waals surface area (Å²) in [5, 5.41) is 11.3. The highest BCUT2D eigenvalue weighted by Crippen LogP contribution is 2.03. The monoisotopic (exact) mass is 158 g/mol. The van der Waals surface area contributed by atoms with Crippen molar-refractivity contribution in [2.75, 3.05) is 19.7 Å². The number of nitrogens with one attached hydrogen (secondary N) is 1. The van der Waals surface area contributed by atoms with Crippen molar-refractivity contribution >= 4 is 6.03 Å². The molecular weight excluding hydrogens is 144 g/mol. The van der Waals surface area contributed by atoms with Crippen LogP contribution in [0.3, 0.4) is 0 Å². The fourth-order valence-corrected chi connectivity index (χ4v) is 1.22. The van der Waals surface area contributed by atoms with Crippen molar-refractivity contribution in [3.05, 3.63) is 0 Å². The van der Waals surface area contributed by atoms with Crippen molar-refractivity contribution in [3.8, 4) is 0 Å². The highest BCUT2D eigenvalue weighted by Gasteiger charge is 2.24. The molecule has 0 aromatic carbocycles. The van der Waals surface area contributed by atoms with Crippen LogP contribution in [0.1, 0.15) is 13.3 Å². The molecule has 1 saturated heterocycles. The molecule has 1 aliphatic rings. The van der Waals surface area contributed by atoms with Gasteiger partial charge in [0.2, 0.25) is 0 Å². The van der Waals surface area contributed by atoms with Gasteiger partial charge in [-0.1, -0.05) is 0 Å². The summed E-state index contributed by atoms with van der Waals surface area (Å²) in [4.78, 5) is 12.7. The molecule has 0 aromatic rings. The largest absolute Gasteiger partial charge is 0.396 e. The normalized spacial score (nSPS) is 24.0. The van der Waals surface area contributed by atoms with Crippen molar-refractivity contribution in [1.82, 2.24) is 10.2 Å². The maximum atomic E-state index is 11.0. The van der Waals surface area contributed by atoms with Gasteiger partial charge >= 0.3 is 6.03 Å². The Bertz CT molecular complexity index is 149. The number of aliphatic hydroxyl groups excluding tert-OH is 1. The van der Waals surface area contributed by atoms with E-state index in [1.807, 2.05) is 6.92 Å². The summed E-state index contributed by atoms with van der Waals surface area (Å²) in [7, 11) is 0. The van der Waals surface area contributed by atoms with E-state index in [1.54, 1.807) is 4.90 Å². The molecule has 4 nitrogen and oxygen atoms in total. The Labute approximate surface area is 66.2 Å². The van der Waals surface area contributed by atoms with Gasteiger partial charge in [0.15, 0.2) is 0 Å². The van der Waals surface area contributed by atoms with Gasteiger partial charge in [0.05, 0.1) is 0 Å². The fraction of sp³-hybridized carbons (Fsp3) is 0.857. The van der Waals surface area contributed by atoms with Crippen LogP contribution in [0.5, 0.6) is 0 Å². The van der Waals surface area contributed by atoms with Gasteiger partial charge < -0.3 is 15.3 Å². The van der Waals surface area contributed by atoms with Crippen LogP contribution in [0.15, 0.2) is 0 Å². The molecule has 2 amide bonds. The zero-order valence-electron chi connectivity index (χ0n) is 6.71. The van der Waals surface area contributed by atoms with Crippen LogP contribution in [0.25, 0.3) is 0 Å². The zero-order valence-corrected chi connectivity index (χ0v) is 6.71. The maximum absolute atomic E-state index is 11.0. The number of amides is 2. The van der Waals surface area contributed by atoms with Crippen molar-refractivity contribution < 1.29 is 9.90 Å². The van der Waals surface area contributed by atoms with Gasteiger partial charge in [-0.05, 0) is 13.3 Å². The third-order valence-corrected chi connectivity index (χ3v) is 1.74. The Balaban J connectivity index is 2.29. The number of carbonyl (C=O) groups excluding carboxylic acids is 1. The van der Waals surface area contributed by atoms with Gasteiger partial charge in [-0.3, -0.25) is 0 Å². The second-order valence-corrected chi connectivity index (χ2v) is 2.87. The summed E-state index contributed by atoms with van der Waals surface area (Å²) >= 11 is 0. The molecule has 11 heavy (non-hydrogen) atoms. The molecule has 1 rings (SSSR count). The lowest BCUT2D eigenvalue weighted by molar-refractivity contribution is 0.209. The molecule has 4 heteroatoms. The van der Waals surface area contributed by atoms with Gasteiger partial charge in [0.25, 0.3) is 0 Å². The summed E-state index contributed by atoms with van der Waals surface area (Å²) < 4.78 is 0. The van der Waals surface area contributed by atoms with Gasteiger partial charge in [-0.15, -0.1) is 0 Å². The minimum absolute atomic E-state index is 0.00838. The Morgan fingerprint density at radius 2 is 2.55 bits per heavy atom. The predicted octanol–water partition coefficient (Wildman–Crippen LogP) is -0.217. The minimum Gasteiger partial charge on any atom is -0.396 e. The average molecular weight is 158 g/mol. The number of hydrogen-bond donors (Lipinski definition) is 2. The first-order valence-electron chi connectivity index (χ1n) is 3.90. The van der Waals surface area contributed by atoms with E-state index in [4.69, 9.17) is 5.11 Å². The van der Waals surface area contributed by atoms with Crippen LogP contribution in [0, 0.1) is 0 Å². The Morgan fingerprint density at radius 1 is 1.82 bits per heavy atom. The molecule has 1 atom stereocenters. The number of nitrogens with zero attached hydrogens (tertiary/aromatic N) is 1. The molecular formula is C7H14N2O2. The molecule has 0 radical (unpaired) electrons. The van der Waals surface area contributed by atoms with Crippen LogP contribution in [0.2, 0.25) is 0 Å². The smallest absolute Gasteiger partial charge is 0.317 e. The van der Waals surface area contributed by atoms with E-state index in [0.717, 1.165) is 6.54 Å². The van der Waals surface area contributed by atoms with Gasteiger partial charge in [0.1, 0.15) is 0 Å². The summed E-state index contributed by atoms with van der Waals surface area (Å²) in [6, 6.07) is 0.243. The SMILES string of the molecule is CC1CN(CCCO)C(=O)N1. The molecule has 1 aliphatic heterocycles. The second kappa shape index (κ2) is 3.57.